The predicted molar refractivity (Wildman–Crippen MR) is 91.8 cm³/mol. The van der Waals surface area contributed by atoms with E-state index >= 15 is 0 Å². The van der Waals surface area contributed by atoms with Gasteiger partial charge in [-0.25, -0.2) is 0 Å². The van der Waals surface area contributed by atoms with E-state index < -0.39 is 5.91 Å². The molecule has 7 heteroatoms. The highest BCUT2D eigenvalue weighted by molar-refractivity contribution is 5.94. The molecule has 1 fully saturated rings. The lowest BCUT2D eigenvalue weighted by atomic mass is 9.92. The maximum Gasteiger partial charge on any atom is 0.227 e. The van der Waals surface area contributed by atoms with Gasteiger partial charge in [0.15, 0.2) is 0 Å². The largest absolute Gasteiger partial charge is 0.491 e. The van der Waals surface area contributed by atoms with Crippen molar-refractivity contribution < 1.29 is 14.3 Å². The molecule has 1 saturated heterocycles. The molecule has 1 heterocycles. The van der Waals surface area contributed by atoms with Crippen LogP contribution in [-0.4, -0.2) is 31.0 Å². The molecule has 128 valence electrons. The fourth-order valence-corrected chi connectivity index (χ4v) is 2.56. The van der Waals surface area contributed by atoms with Crippen molar-refractivity contribution in [2.75, 3.05) is 18.5 Å². The number of benzene rings is 1. The maximum absolute atomic E-state index is 12.4. The molecule has 2 rings (SSSR count). The quantitative estimate of drug-likeness (QED) is 0.734. The molecular weight excluding hydrogens is 318 g/mol. The van der Waals surface area contributed by atoms with Gasteiger partial charge in [0.2, 0.25) is 11.8 Å². The van der Waals surface area contributed by atoms with Crippen LogP contribution in [0, 0.1) is 5.92 Å². The predicted octanol–water partition coefficient (Wildman–Crippen LogP) is 1.69. The average Bonchev–Trinajstić information content (AvgIpc) is 2.48. The molecule has 23 heavy (non-hydrogen) atoms. The molecule has 2 atom stereocenters. The van der Waals surface area contributed by atoms with Crippen LogP contribution in [0.4, 0.5) is 5.69 Å². The number of hydrogen-bond acceptors (Lipinski definition) is 4. The topological polar surface area (TPSA) is 93.4 Å². The average molecular weight is 342 g/mol. The molecule has 1 aromatic rings. The summed E-state index contributed by atoms with van der Waals surface area (Å²) in [6.45, 7) is 3.14. The molecule has 1 aliphatic rings. The van der Waals surface area contributed by atoms with E-state index in [9.17, 15) is 9.59 Å². The number of anilines is 1. The van der Waals surface area contributed by atoms with Gasteiger partial charge in [0, 0.05) is 12.0 Å². The summed E-state index contributed by atoms with van der Waals surface area (Å²) in [6, 6.07) is 7.57. The van der Waals surface area contributed by atoms with E-state index in [0.717, 1.165) is 19.4 Å². The highest BCUT2D eigenvalue weighted by atomic mass is 35.5. The maximum atomic E-state index is 12.4. The number of carbonyl (C=O) groups is 2. The van der Waals surface area contributed by atoms with Gasteiger partial charge < -0.3 is 21.1 Å². The van der Waals surface area contributed by atoms with Crippen LogP contribution in [-0.2, 0) is 9.59 Å². The minimum Gasteiger partial charge on any atom is -0.491 e. The first-order chi connectivity index (χ1) is 10.6. The van der Waals surface area contributed by atoms with Crippen LogP contribution in [0.15, 0.2) is 24.3 Å². The first-order valence-electron chi connectivity index (χ1n) is 7.60. The minimum absolute atomic E-state index is 0. The fourth-order valence-electron chi connectivity index (χ4n) is 2.56. The van der Waals surface area contributed by atoms with Crippen LogP contribution in [0.3, 0.4) is 0 Å². The van der Waals surface area contributed by atoms with Crippen molar-refractivity contribution in [3.05, 3.63) is 24.3 Å². The van der Waals surface area contributed by atoms with E-state index in [-0.39, 0.29) is 37.3 Å². The molecule has 1 aromatic carbocycles. The molecule has 2 amide bonds. The van der Waals surface area contributed by atoms with E-state index in [0.29, 0.717) is 17.5 Å². The zero-order valence-electron chi connectivity index (χ0n) is 13.2. The second kappa shape index (κ2) is 9.37. The van der Waals surface area contributed by atoms with Crippen LogP contribution in [0.25, 0.3) is 0 Å². The zero-order chi connectivity index (χ0) is 15.9. The first kappa shape index (κ1) is 19.3. The van der Waals surface area contributed by atoms with Crippen molar-refractivity contribution in [3.8, 4) is 5.75 Å². The molecular formula is C16H24ClN3O3. The van der Waals surface area contributed by atoms with Crippen LogP contribution in [0.5, 0.6) is 5.75 Å². The van der Waals surface area contributed by atoms with Gasteiger partial charge in [0.1, 0.15) is 5.75 Å². The van der Waals surface area contributed by atoms with Crippen LogP contribution < -0.4 is 21.1 Å². The minimum atomic E-state index is -0.412. The Hall–Kier alpha value is -1.79. The third-order valence-corrected chi connectivity index (χ3v) is 3.75. The van der Waals surface area contributed by atoms with Crippen LogP contribution in [0.2, 0.25) is 0 Å². The van der Waals surface area contributed by atoms with Gasteiger partial charge in [0.25, 0.3) is 0 Å². The molecule has 1 aliphatic heterocycles. The van der Waals surface area contributed by atoms with E-state index in [1.807, 2.05) is 12.1 Å². The van der Waals surface area contributed by atoms with Crippen molar-refractivity contribution >= 4 is 29.9 Å². The first-order valence-corrected chi connectivity index (χ1v) is 7.60. The van der Waals surface area contributed by atoms with Crippen molar-refractivity contribution in [1.29, 1.82) is 0 Å². The lowest BCUT2D eigenvalue weighted by Crippen LogP contribution is -2.40. The van der Waals surface area contributed by atoms with Gasteiger partial charge >= 0.3 is 0 Å². The number of halogens is 1. The Labute approximate surface area is 142 Å². The number of nitrogens with two attached hydrogens (primary N) is 1. The molecule has 0 spiro atoms. The summed E-state index contributed by atoms with van der Waals surface area (Å²) in [6.07, 6.45) is 1.81. The van der Waals surface area contributed by atoms with Crippen LogP contribution in [0.1, 0.15) is 26.2 Å². The highest BCUT2D eigenvalue weighted by Gasteiger charge is 2.25. The number of primary amides is 1. The normalized spacial score (nSPS) is 20.2. The number of amides is 2. The standard InChI is InChI=1S/C16H23N3O3.ClH/c1-11-10-12(6-8-18-11)16(21)19-13-4-2-3-5-14(13)22-9-7-15(17)20;/h2-5,11-12,18H,6-10H2,1H3,(H2,17,20)(H,19,21);1H/t11-,12-;/m0./s1. The van der Waals surface area contributed by atoms with Gasteiger partial charge in [-0.3, -0.25) is 9.59 Å². The van der Waals surface area contributed by atoms with Gasteiger partial charge in [-0.2, -0.15) is 0 Å². The number of piperidine rings is 1. The number of nitrogens with one attached hydrogen (secondary N) is 2. The number of rotatable bonds is 6. The van der Waals surface area contributed by atoms with Gasteiger partial charge in [-0.05, 0) is 38.4 Å². The monoisotopic (exact) mass is 341 g/mol. The Bertz CT molecular complexity index is 539. The van der Waals surface area contributed by atoms with Gasteiger partial charge in [-0.1, -0.05) is 12.1 Å². The van der Waals surface area contributed by atoms with E-state index in [1.165, 1.54) is 0 Å². The summed E-state index contributed by atoms with van der Waals surface area (Å²) in [5.74, 6) is 0.165. The molecule has 6 nitrogen and oxygen atoms in total. The Morgan fingerprint density at radius 3 is 2.83 bits per heavy atom. The summed E-state index contributed by atoms with van der Waals surface area (Å²) in [4.78, 5) is 23.1. The van der Waals surface area contributed by atoms with E-state index in [1.54, 1.807) is 12.1 Å². The third-order valence-electron chi connectivity index (χ3n) is 3.75. The Morgan fingerprint density at radius 2 is 2.13 bits per heavy atom. The second-order valence-corrected chi connectivity index (χ2v) is 5.63. The lowest BCUT2D eigenvalue weighted by Gasteiger charge is -2.27. The Morgan fingerprint density at radius 1 is 1.39 bits per heavy atom. The van der Waals surface area contributed by atoms with Crippen molar-refractivity contribution in [1.82, 2.24) is 5.32 Å². The van der Waals surface area contributed by atoms with Gasteiger partial charge in [-0.15, -0.1) is 12.4 Å². The summed E-state index contributed by atoms with van der Waals surface area (Å²) < 4.78 is 5.53. The lowest BCUT2D eigenvalue weighted by molar-refractivity contribution is -0.121. The number of ether oxygens (including phenoxy) is 1. The Balaban J connectivity index is 0.00000264. The molecule has 0 aliphatic carbocycles. The van der Waals surface area contributed by atoms with Crippen molar-refractivity contribution in [3.63, 3.8) is 0 Å². The Kier molecular flexibility index (Phi) is 7.85. The summed E-state index contributed by atoms with van der Waals surface area (Å²) in [7, 11) is 0. The van der Waals surface area contributed by atoms with E-state index in [2.05, 4.69) is 17.6 Å². The summed E-state index contributed by atoms with van der Waals surface area (Å²) in [5.41, 5.74) is 5.72. The molecule has 0 saturated carbocycles. The molecule has 0 unspecified atom stereocenters. The third kappa shape index (κ3) is 6.08. The van der Waals surface area contributed by atoms with Crippen molar-refractivity contribution in [2.45, 2.75) is 32.2 Å². The summed E-state index contributed by atoms with van der Waals surface area (Å²) in [5, 5.41) is 6.26. The number of para-hydroxylation sites is 2. The second-order valence-electron chi connectivity index (χ2n) is 5.63. The molecule has 0 aromatic heterocycles. The number of carbonyl (C=O) groups excluding carboxylic acids is 2. The number of hydrogen-bond donors (Lipinski definition) is 3. The van der Waals surface area contributed by atoms with Crippen LogP contribution >= 0.6 is 12.4 Å². The smallest absolute Gasteiger partial charge is 0.227 e. The summed E-state index contributed by atoms with van der Waals surface area (Å²) >= 11 is 0. The van der Waals surface area contributed by atoms with Gasteiger partial charge in [0.05, 0.1) is 18.7 Å². The molecule has 0 bridgehead atoms. The molecule has 4 N–H and O–H groups in total. The SMILES string of the molecule is C[C@H]1C[C@@H](C(=O)Nc2ccccc2OCCC(N)=O)CCN1.Cl. The molecule has 0 radical (unpaired) electrons. The van der Waals surface area contributed by atoms with E-state index in [4.69, 9.17) is 10.5 Å². The fraction of sp³-hybridized carbons (Fsp3) is 0.500. The van der Waals surface area contributed by atoms with Crippen molar-refractivity contribution in [2.24, 2.45) is 11.7 Å². The zero-order valence-corrected chi connectivity index (χ0v) is 14.0. The highest BCUT2D eigenvalue weighted by Crippen LogP contribution is 2.26.